The fraction of sp³-hybridized carbons (Fsp3) is 0.958. The van der Waals surface area contributed by atoms with E-state index < -0.39 is 5.60 Å². The quantitative estimate of drug-likeness (QED) is 0.662. The van der Waals surface area contributed by atoms with Crippen molar-refractivity contribution < 1.29 is 14.6 Å². The molecule has 4 rings (SSSR count). The molecule has 8 atom stereocenters. The molecule has 3 nitrogen and oxygen atoms in total. The first kappa shape index (κ1) is 19.7. The van der Waals surface area contributed by atoms with Gasteiger partial charge in [0.1, 0.15) is 6.10 Å². The van der Waals surface area contributed by atoms with Gasteiger partial charge in [-0.25, -0.2) is 0 Å². The molecule has 1 N–H and O–H groups in total. The molecule has 0 spiro atoms. The first-order valence-electron chi connectivity index (χ1n) is 11.6. The Bertz CT molecular complexity index is 588. The molecule has 3 heteroatoms. The van der Waals surface area contributed by atoms with E-state index in [4.69, 9.17) is 4.74 Å². The summed E-state index contributed by atoms with van der Waals surface area (Å²) in [6.45, 7) is 8.73. The molecule has 0 aliphatic heterocycles. The summed E-state index contributed by atoms with van der Waals surface area (Å²) in [7, 11) is 0. The van der Waals surface area contributed by atoms with Crippen LogP contribution in [0.15, 0.2) is 0 Å². The third-order valence-corrected chi connectivity index (χ3v) is 9.94. The summed E-state index contributed by atoms with van der Waals surface area (Å²) in [5, 5.41) is 11.5. The largest absolute Gasteiger partial charge is 0.463 e. The lowest BCUT2D eigenvalue weighted by molar-refractivity contribution is -0.170. The van der Waals surface area contributed by atoms with Crippen LogP contribution in [-0.2, 0) is 9.53 Å². The van der Waals surface area contributed by atoms with Gasteiger partial charge in [-0.2, -0.15) is 0 Å². The number of aliphatic hydroxyl groups is 1. The maximum absolute atomic E-state index is 11.5. The molecule has 4 aliphatic carbocycles. The minimum atomic E-state index is -0.428. The molecule has 4 aliphatic rings. The SMILES string of the molecule is CCC[C@]1(O)CC[C@H]2[C@H]3CC[C@H]4C[C@@H](OC(C)=O)CC[C@]4(C)[C@@H]3CC[C@]21C. The van der Waals surface area contributed by atoms with Crippen LogP contribution in [-0.4, -0.2) is 22.8 Å². The lowest BCUT2D eigenvalue weighted by Crippen LogP contribution is -2.56. The molecule has 27 heavy (non-hydrogen) atoms. The van der Waals surface area contributed by atoms with Crippen LogP contribution >= 0.6 is 0 Å². The Labute approximate surface area is 165 Å². The van der Waals surface area contributed by atoms with Gasteiger partial charge >= 0.3 is 5.97 Å². The number of carbonyl (C=O) groups is 1. The molecule has 4 saturated carbocycles. The predicted octanol–water partition coefficient (Wildman–Crippen LogP) is 5.49. The number of carbonyl (C=O) groups excluding carboxylic acids is 1. The number of esters is 1. The first-order valence-corrected chi connectivity index (χ1v) is 11.6. The van der Waals surface area contributed by atoms with Gasteiger partial charge in [0.15, 0.2) is 0 Å². The molecule has 154 valence electrons. The summed E-state index contributed by atoms with van der Waals surface area (Å²) >= 11 is 0. The van der Waals surface area contributed by atoms with E-state index in [1.165, 1.54) is 38.5 Å². The molecule has 0 bridgehead atoms. The Morgan fingerprint density at radius 1 is 1.04 bits per heavy atom. The topological polar surface area (TPSA) is 46.5 Å². The van der Waals surface area contributed by atoms with Crippen LogP contribution < -0.4 is 0 Å². The molecule has 0 unspecified atom stereocenters. The summed E-state index contributed by atoms with van der Waals surface area (Å²) in [6.07, 6.45) is 12.9. The van der Waals surface area contributed by atoms with E-state index in [0.717, 1.165) is 43.9 Å². The number of hydrogen-bond donors (Lipinski definition) is 1. The molecule has 0 amide bonds. The Morgan fingerprint density at radius 3 is 2.48 bits per heavy atom. The van der Waals surface area contributed by atoms with E-state index in [9.17, 15) is 9.90 Å². The summed E-state index contributed by atoms with van der Waals surface area (Å²) in [5.41, 5.74) is 0.108. The van der Waals surface area contributed by atoms with Crippen molar-refractivity contribution >= 4 is 5.97 Å². The van der Waals surface area contributed by atoms with Crippen molar-refractivity contribution in [2.24, 2.45) is 34.5 Å². The zero-order chi connectivity index (χ0) is 19.4. The van der Waals surface area contributed by atoms with Crippen molar-refractivity contribution in [3.8, 4) is 0 Å². The molecule has 0 aromatic heterocycles. The van der Waals surface area contributed by atoms with Crippen molar-refractivity contribution in [2.75, 3.05) is 0 Å². The van der Waals surface area contributed by atoms with Crippen molar-refractivity contribution in [1.29, 1.82) is 0 Å². The second-order valence-corrected chi connectivity index (χ2v) is 10.9. The predicted molar refractivity (Wildman–Crippen MR) is 107 cm³/mol. The lowest BCUT2D eigenvalue weighted by atomic mass is 9.44. The molecule has 0 aromatic rings. The standard InChI is InChI=1S/C24H40O3/c1-5-11-24(26)14-10-21-19-7-6-17-15-18(27-16(2)25)8-12-22(17,3)20(19)9-13-23(21,24)4/h17-21,26H,5-15H2,1-4H3/t17-,18-,19-,20+,21-,22-,23+,24-/m0/s1. The highest BCUT2D eigenvalue weighted by molar-refractivity contribution is 5.66. The van der Waals surface area contributed by atoms with E-state index in [1.54, 1.807) is 6.92 Å². The monoisotopic (exact) mass is 376 g/mol. The van der Waals surface area contributed by atoms with Crippen LogP contribution in [0.5, 0.6) is 0 Å². The summed E-state index contributed by atoms with van der Waals surface area (Å²) in [5.74, 6) is 2.89. The van der Waals surface area contributed by atoms with Gasteiger partial charge in [-0.05, 0) is 98.7 Å². The van der Waals surface area contributed by atoms with Crippen molar-refractivity contribution in [2.45, 2.75) is 110 Å². The zero-order valence-electron chi connectivity index (χ0n) is 17.9. The Hall–Kier alpha value is -0.570. The van der Waals surface area contributed by atoms with Crippen LogP contribution in [0.4, 0.5) is 0 Å². The fourth-order valence-electron chi connectivity index (χ4n) is 8.49. The highest BCUT2D eigenvalue weighted by Crippen LogP contribution is 2.68. The van der Waals surface area contributed by atoms with E-state index in [2.05, 4.69) is 20.8 Å². The zero-order valence-corrected chi connectivity index (χ0v) is 17.9. The Balaban J connectivity index is 1.54. The van der Waals surface area contributed by atoms with E-state index >= 15 is 0 Å². The Morgan fingerprint density at radius 2 is 1.78 bits per heavy atom. The summed E-state index contributed by atoms with van der Waals surface area (Å²) in [6, 6.07) is 0. The van der Waals surface area contributed by atoms with Crippen LogP contribution in [0.1, 0.15) is 98.3 Å². The highest BCUT2D eigenvalue weighted by Gasteiger charge is 2.64. The second kappa shape index (κ2) is 6.75. The number of hydrogen-bond acceptors (Lipinski definition) is 3. The van der Waals surface area contributed by atoms with E-state index in [0.29, 0.717) is 17.3 Å². The van der Waals surface area contributed by atoms with Gasteiger partial charge in [-0.3, -0.25) is 4.79 Å². The average Bonchev–Trinajstić information content (AvgIpc) is 2.86. The van der Waals surface area contributed by atoms with E-state index in [1.807, 2.05) is 0 Å². The van der Waals surface area contributed by atoms with Crippen LogP contribution in [0, 0.1) is 34.5 Å². The van der Waals surface area contributed by atoms with Crippen molar-refractivity contribution in [3.63, 3.8) is 0 Å². The van der Waals surface area contributed by atoms with Gasteiger partial charge < -0.3 is 9.84 Å². The first-order chi connectivity index (χ1) is 12.7. The summed E-state index contributed by atoms with van der Waals surface area (Å²) < 4.78 is 5.59. The molecule has 0 saturated heterocycles. The van der Waals surface area contributed by atoms with Gasteiger partial charge in [0.05, 0.1) is 5.60 Å². The van der Waals surface area contributed by atoms with Gasteiger partial charge in [-0.1, -0.05) is 27.2 Å². The third-order valence-electron chi connectivity index (χ3n) is 9.94. The van der Waals surface area contributed by atoms with Crippen LogP contribution in [0.25, 0.3) is 0 Å². The van der Waals surface area contributed by atoms with Gasteiger partial charge in [-0.15, -0.1) is 0 Å². The molecular weight excluding hydrogens is 336 g/mol. The van der Waals surface area contributed by atoms with Crippen LogP contribution in [0.3, 0.4) is 0 Å². The second-order valence-electron chi connectivity index (χ2n) is 10.9. The van der Waals surface area contributed by atoms with Crippen molar-refractivity contribution in [3.05, 3.63) is 0 Å². The molecule has 4 fully saturated rings. The van der Waals surface area contributed by atoms with Gasteiger partial charge in [0, 0.05) is 6.92 Å². The van der Waals surface area contributed by atoms with Crippen LogP contribution in [0.2, 0.25) is 0 Å². The maximum atomic E-state index is 11.5. The smallest absolute Gasteiger partial charge is 0.302 e. The minimum Gasteiger partial charge on any atom is -0.463 e. The van der Waals surface area contributed by atoms with Gasteiger partial charge in [0.2, 0.25) is 0 Å². The number of ether oxygens (including phenoxy) is 1. The van der Waals surface area contributed by atoms with E-state index in [-0.39, 0.29) is 17.5 Å². The van der Waals surface area contributed by atoms with Gasteiger partial charge in [0.25, 0.3) is 0 Å². The minimum absolute atomic E-state index is 0.119. The number of rotatable bonds is 3. The average molecular weight is 377 g/mol. The number of fused-ring (bicyclic) bond motifs is 5. The fourth-order valence-corrected chi connectivity index (χ4v) is 8.49. The van der Waals surface area contributed by atoms with Crippen molar-refractivity contribution in [1.82, 2.24) is 0 Å². The Kier molecular flexibility index (Phi) is 4.93. The normalized spacial score (nSPS) is 51.8. The lowest BCUT2D eigenvalue weighted by Gasteiger charge is -2.61. The third kappa shape index (κ3) is 2.90. The molecule has 0 radical (unpaired) electrons. The molecule has 0 aromatic carbocycles. The molecule has 0 heterocycles. The maximum Gasteiger partial charge on any atom is 0.302 e. The highest BCUT2D eigenvalue weighted by atomic mass is 16.5. The molecular formula is C24H40O3. The summed E-state index contributed by atoms with van der Waals surface area (Å²) in [4.78, 5) is 11.4.